The smallest absolute Gasteiger partial charge is 0.433 e. The van der Waals surface area contributed by atoms with Gasteiger partial charge in [-0.05, 0) is 29.8 Å². The molecule has 4 rings (SSSR count). The molecule has 0 amide bonds. The summed E-state index contributed by atoms with van der Waals surface area (Å²) in [6, 6.07) is 8.08. The van der Waals surface area contributed by atoms with E-state index < -0.39 is 28.0 Å². The Balaban J connectivity index is 1.42. The molecule has 0 radical (unpaired) electrons. The Kier molecular flexibility index (Phi) is 4.26. The fourth-order valence-corrected chi connectivity index (χ4v) is 4.51. The fraction of sp³-hybridized carbons (Fsp3) is 0.353. The number of ether oxygens (including phenoxy) is 2. The lowest BCUT2D eigenvalue weighted by Crippen LogP contribution is -2.56. The lowest BCUT2D eigenvalue weighted by Gasteiger charge is -2.37. The van der Waals surface area contributed by atoms with Crippen LogP contribution < -0.4 is 9.47 Å². The van der Waals surface area contributed by atoms with Crippen molar-refractivity contribution < 1.29 is 31.1 Å². The van der Waals surface area contributed by atoms with Crippen LogP contribution in [0.5, 0.6) is 11.6 Å². The lowest BCUT2D eigenvalue weighted by molar-refractivity contribution is -0.141. The van der Waals surface area contributed by atoms with Crippen molar-refractivity contribution in [3.63, 3.8) is 0 Å². The van der Waals surface area contributed by atoms with E-state index in [0.29, 0.717) is 18.8 Å². The molecule has 3 heterocycles. The zero-order valence-corrected chi connectivity index (χ0v) is 14.8. The molecular formula is C17H15F3N2O4S. The van der Waals surface area contributed by atoms with Crippen LogP contribution >= 0.6 is 0 Å². The highest BCUT2D eigenvalue weighted by atomic mass is 32.2. The van der Waals surface area contributed by atoms with Crippen molar-refractivity contribution in [1.29, 1.82) is 0 Å². The highest BCUT2D eigenvalue weighted by Gasteiger charge is 2.39. The number of fused-ring (bicyclic) bond motifs is 1. The summed E-state index contributed by atoms with van der Waals surface area (Å²) in [6.07, 6.45) is -4.45. The summed E-state index contributed by atoms with van der Waals surface area (Å²) in [7, 11) is -3.68. The van der Waals surface area contributed by atoms with Crippen LogP contribution in [0.3, 0.4) is 0 Å². The molecule has 1 aromatic heterocycles. The monoisotopic (exact) mass is 400 g/mol. The summed E-state index contributed by atoms with van der Waals surface area (Å²) < 4.78 is 75.4. The van der Waals surface area contributed by atoms with Crippen LogP contribution in [0.25, 0.3) is 0 Å². The minimum Gasteiger partial charge on any atom is -0.493 e. The summed E-state index contributed by atoms with van der Waals surface area (Å²) in [5.41, 5.74) is -0.207. The Morgan fingerprint density at radius 1 is 1.19 bits per heavy atom. The second-order valence-electron chi connectivity index (χ2n) is 6.29. The molecule has 0 aliphatic carbocycles. The second-order valence-corrected chi connectivity index (χ2v) is 8.23. The van der Waals surface area contributed by atoms with Crippen molar-refractivity contribution in [1.82, 2.24) is 9.29 Å². The van der Waals surface area contributed by atoms with Gasteiger partial charge in [0.15, 0.2) is 0 Å². The first-order chi connectivity index (χ1) is 12.7. The molecule has 2 aromatic rings. The van der Waals surface area contributed by atoms with Gasteiger partial charge in [0.1, 0.15) is 17.5 Å². The molecule has 0 saturated carbocycles. The maximum atomic E-state index is 12.7. The summed E-state index contributed by atoms with van der Waals surface area (Å²) in [6.45, 7) is 0.629. The minimum atomic E-state index is -4.56. The van der Waals surface area contributed by atoms with Crippen molar-refractivity contribution in [2.45, 2.75) is 23.6 Å². The lowest BCUT2D eigenvalue weighted by atomic mass is 10.2. The first kappa shape index (κ1) is 18.1. The zero-order valence-electron chi connectivity index (χ0n) is 13.9. The van der Waals surface area contributed by atoms with Gasteiger partial charge in [-0.3, -0.25) is 0 Å². The van der Waals surface area contributed by atoms with Gasteiger partial charge >= 0.3 is 6.18 Å². The van der Waals surface area contributed by atoms with Crippen LogP contribution in [0.4, 0.5) is 13.2 Å². The molecule has 0 N–H and O–H groups in total. The van der Waals surface area contributed by atoms with E-state index in [1.165, 1.54) is 22.5 Å². The number of pyridine rings is 1. The normalized spacial score (nSPS) is 17.9. The molecule has 144 valence electrons. The Morgan fingerprint density at radius 3 is 2.70 bits per heavy atom. The van der Waals surface area contributed by atoms with Crippen molar-refractivity contribution in [3.8, 4) is 11.6 Å². The maximum Gasteiger partial charge on any atom is 0.433 e. The number of rotatable bonds is 4. The largest absolute Gasteiger partial charge is 0.493 e. The third kappa shape index (κ3) is 3.46. The SMILES string of the molecule is O=S(=O)(c1ccc2c(c1)CCO2)N1CC(Oc2cccc(C(F)(F)F)n2)C1. The zero-order chi connectivity index (χ0) is 19.2. The van der Waals surface area contributed by atoms with Crippen LogP contribution in [0.15, 0.2) is 41.3 Å². The predicted octanol–water partition coefficient (Wildman–Crippen LogP) is 2.49. The number of alkyl halides is 3. The van der Waals surface area contributed by atoms with E-state index >= 15 is 0 Å². The van der Waals surface area contributed by atoms with E-state index in [9.17, 15) is 21.6 Å². The quantitative estimate of drug-likeness (QED) is 0.789. The first-order valence-electron chi connectivity index (χ1n) is 8.20. The molecule has 6 nitrogen and oxygen atoms in total. The van der Waals surface area contributed by atoms with Gasteiger partial charge in [-0.1, -0.05) is 6.07 Å². The number of halogens is 3. The molecule has 27 heavy (non-hydrogen) atoms. The van der Waals surface area contributed by atoms with Crippen molar-refractivity contribution in [3.05, 3.63) is 47.7 Å². The van der Waals surface area contributed by atoms with Gasteiger partial charge in [-0.25, -0.2) is 13.4 Å². The number of sulfonamides is 1. The van der Waals surface area contributed by atoms with Crippen LogP contribution in [-0.2, 0) is 22.6 Å². The third-order valence-electron chi connectivity index (χ3n) is 4.41. The third-order valence-corrected chi connectivity index (χ3v) is 6.24. The summed E-state index contributed by atoms with van der Waals surface area (Å²) in [5.74, 6) is 0.510. The van der Waals surface area contributed by atoms with Gasteiger partial charge < -0.3 is 9.47 Å². The van der Waals surface area contributed by atoms with Gasteiger partial charge in [0, 0.05) is 12.5 Å². The van der Waals surface area contributed by atoms with Crippen LogP contribution in [0.1, 0.15) is 11.3 Å². The summed E-state index contributed by atoms with van der Waals surface area (Å²) in [5, 5.41) is 0. The molecule has 1 aromatic carbocycles. The molecule has 0 atom stereocenters. The van der Waals surface area contributed by atoms with Gasteiger partial charge in [0.05, 0.1) is 24.6 Å². The van der Waals surface area contributed by atoms with Gasteiger partial charge in [0.2, 0.25) is 15.9 Å². The standard InChI is InChI=1S/C17H15F3N2O4S/c18-17(19,20)15-2-1-3-16(21-15)26-12-9-22(10-12)27(23,24)13-4-5-14-11(8-13)6-7-25-14/h1-5,8,12H,6-7,9-10H2. The van der Waals surface area contributed by atoms with Gasteiger partial charge in [-0.2, -0.15) is 17.5 Å². The average Bonchev–Trinajstić information content (AvgIpc) is 3.04. The number of aromatic nitrogens is 1. The second kappa shape index (κ2) is 6.38. The highest BCUT2D eigenvalue weighted by molar-refractivity contribution is 7.89. The first-order valence-corrected chi connectivity index (χ1v) is 9.64. The van der Waals surface area contributed by atoms with Crippen LogP contribution in [0.2, 0.25) is 0 Å². The van der Waals surface area contributed by atoms with Gasteiger partial charge in [0.25, 0.3) is 0 Å². The molecule has 1 saturated heterocycles. The van der Waals surface area contributed by atoms with Crippen molar-refractivity contribution >= 4 is 10.0 Å². The maximum absolute atomic E-state index is 12.7. The van der Waals surface area contributed by atoms with Crippen LogP contribution in [0, 0.1) is 0 Å². The fourth-order valence-electron chi connectivity index (χ4n) is 2.95. The Morgan fingerprint density at radius 2 is 1.96 bits per heavy atom. The Labute approximate surface area is 153 Å². The van der Waals surface area contributed by atoms with E-state index in [-0.39, 0.29) is 23.9 Å². The molecule has 2 aliphatic rings. The van der Waals surface area contributed by atoms with Gasteiger partial charge in [-0.15, -0.1) is 0 Å². The van der Waals surface area contributed by atoms with Crippen molar-refractivity contribution in [2.75, 3.05) is 19.7 Å². The molecule has 0 bridgehead atoms. The highest BCUT2D eigenvalue weighted by Crippen LogP contribution is 2.32. The van der Waals surface area contributed by atoms with E-state index in [0.717, 1.165) is 11.6 Å². The number of benzene rings is 1. The number of hydrogen-bond acceptors (Lipinski definition) is 5. The molecule has 10 heteroatoms. The predicted molar refractivity (Wildman–Crippen MR) is 88.1 cm³/mol. The van der Waals surface area contributed by atoms with E-state index in [2.05, 4.69) is 4.98 Å². The molecular weight excluding hydrogens is 385 g/mol. The van der Waals surface area contributed by atoms with E-state index in [1.54, 1.807) is 12.1 Å². The Bertz CT molecular complexity index is 972. The van der Waals surface area contributed by atoms with E-state index in [1.807, 2.05) is 0 Å². The number of nitrogens with zero attached hydrogens (tertiary/aromatic N) is 2. The minimum absolute atomic E-state index is 0.0494. The molecule has 2 aliphatic heterocycles. The topological polar surface area (TPSA) is 68.7 Å². The number of hydrogen-bond donors (Lipinski definition) is 0. The molecule has 0 unspecified atom stereocenters. The summed E-state index contributed by atoms with van der Waals surface area (Å²) >= 11 is 0. The Hall–Kier alpha value is -2.33. The molecule has 1 fully saturated rings. The summed E-state index contributed by atoms with van der Waals surface area (Å²) in [4.78, 5) is 3.59. The van der Waals surface area contributed by atoms with Crippen molar-refractivity contribution in [2.24, 2.45) is 0 Å². The average molecular weight is 400 g/mol. The van der Waals surface area contributed by atoms with Crippen LogP contribution in [-0.4, -0.2) is 43.5 Å². The molecule has 0 spiro atoms. The van der Waals surface area contributed by atoms with E-state index in [4.69, 9.17) is 9.47 Å².